The fraction of sp³-hybridized carbons (Fsp3) is 0.909. The summed E-state index contributed by atoms with van der Waals surface area (Å²) in [7, 11) is 0. The topological polar surface area (TPSA) is 55.1 Å². The van der Waals surface area contributed by atoms with E-state index < -0.39 is 0 Å². The summed E-state index contributed by atoms with van der Waals surface area (Å²) in [6, 6.07) is 0. The summed E-state index contributed by atoms with van der Waals surface area (Å²) in [5, 5.41) is 3.01. The molecule has 0 heterocycles. The van der Waals surface area contributed by atoms with Gasteiger partial charge >= 0.3 is 0 Å². The van der Waals surface area contributed by atoms with Crippen molar-refractivity contribution in [3.05, 3.63) is 0 Å². The predicted octanol–water partition coefficient (Wildman–Crippen LogP) is 1.28. The van der Waals surface area contributed by atoms with Gasteiger partial charge in [-0.3, -0.25) is 4.79 Å². The molecule has 0 radical (unpaired) electrons. The Balaban J connectivity index is 2.31. The summed E-state index contributed by atoms with van der Waals surface area (Å²) in [5.74, 6) is 0.840. The molecular formula is C11H22N2O. The summed E-state index contributed by atoms with van der Waals surface area (Å²) in [5.41, 5.74) is 5.24. The summed E-state index contributed by atoms with van der Waals surface area (Å²) in [4.78, 5) is 11.8. The van der Waals surface area contributed by atoms with Crippen LogP contribution < -0.4 is 11.1 Å². The smallest absolute Gasteiger partial charge is 0.227 e. The van der Waals surface area contributed by atoms with Gasteiger partial charge in [0.15, 0.2) is 0 Å². The Morgan fingerprint density at radius 3 is 2.57 bits per heavy atom. The Morgan fingerprint density at radius 2 is 2.21 bits per heavy atom. The van der Waals surface area contributed by atoms with E-state index in [0.29, 0.717) is 6.54 Å². The van der Waals surface area contributed by atoms with Crippen LogP contribution in [-0.2, 0) is 4.79 Å². The molecule has 0 aromatic rings. The van der Waals surface area contributed by atoms with E-state index in [1.165, 1.54) is 19.3 Å². The highest BCUT2D eigenvalue weighted by atomic mass is 16.2. The van der Waals surface area contributed by atoms with Crippen molar-refractivity contribution >= 4 is 5.91 Å². The van der Waals surface area contributed by atoms with E-state index in [0.717, 1.165) is 18.9 Å². The van der Waals surface area contributed by atoms with Gasteiger partial charge in [-0.15, -0.1) is 0 Å². The van der Waals surface area contributed by atoms with E-state index in [1.807, 2.05) is 13.8 Å². The van der Waals surface area contributed by atoms with Crippen LogP contribution in [0.25, 0.3) is 0 Å². The Labute approximate surface area is 86.4 Å². The molecule has 1 aliphatic carbocycles. The maximum absolute atomic E-state index is 11.8. The third-order valence-corrected chi connectivity index (χ3v) is 3.56. The first-order valence-corrected chi connectivity index (χ1v) is 5.60. The van der Waals surface area contributed by atoms with Crippen molar-refractivity contribution in [1.82, 2.24) is 5.32 Å². The van der Waals surface area contributed by atoms with Gasteiger partial charge in [0.25, 0.3) is 0 Å². The van der Waals surface area contributed by atoms with Gasteiger partial charge in [0, 0.05) is 13.1 Å². The number of nitrogens with one attached hydrogen (secondary N) is 1. The number of carbonyl (C=O) groups is 1. The Morgan fingerprint density at radius 1 is 1.57 bits per heavy atom. The third kappa shape index (κ3) is 2.47. The Bertz CT molecular complexity index is 195. The summed E-state index contributed by atoms with van der Waals surface area (Å²) in [6.45, 7) is 5.22. The molecule has 3 N–H and O–H groups in total. The molecule has 1 saturated carbocycles. The zero-order chi connectivity index (χ0) is 10.6. The molecule has 82 valence electrons. The highest BCUT2D eigenvalue weighted by Crippen LogP contribution is 2.26. The minimum Gasteiger partial charge on any atom is -0.355 e. The molecule has 0 aliphatic heterocycles. The molecule has 1 amide bonds. The zero-order valence-corrected chi connectivity index (χ0v) is 9.31. The maximum atomic E-state index is 11.8. The monoisotopic (exact) mass is 198 g/mol. The lowest BCUT2D eigenvalue weighted by Crippen LogP contribution is -2.45. The second-order valence-corrected chi connectivity index (χ2v) is 4.63. The largest absolute Gasteiger partial charge is 0.355 e. The summed E-state index contributed by atoms with van der Waals surface area (Å²) in [6.07, 6.45) is 4.67. The standard InChI is InChI=1S/C11H22N2O/c1-3-11(2,8-12)10(14)13-7-9-5-4-6-9/h9H,3-8,12H2,1-2H3,(H,13,14). The Hall–Kier alpha value is -0.570. The zero-order valence-electron chi connectivity index (χ0n) is 9.31. The summed E-state index contributed by atoms with van der Waals surface area (Å²) >= 11 is 0. The van der Waals surface area contributed by atoms with Crippen molar-refractivity contribution in [1.29, 1.82) is 0 Å². The molecule has 0 bridgehead atoms. The van der Waals surface area contributed by atoms with Crippen LogP contribution in [0.5, 0.6) is 0 Å². The van der Waals surface area contributed by atoms with E-state index in [2.05, 4.69) is 5.32 Å². The molecule has 0 spiro atoms. The maximum Gasteiger partial charge on any atom is 0.227 e. The minimum absolute atomic E-state index is 0.120. The molecule has 0 saturated heterocycles. The highest BCUT2D eigenvalue weighted by Gasteiger charge is 2.30. The molecular weight excluding hydrogens is 176 g/mol. The van der Waals surface area contributed by atoms with Gasteiger partial charge in [0.1, 0.15) is 0 Å². The first-order chi connectivity index (χ1) is 6.62. The van der Waals surface area contributed by atoms with Gasteiger partial charge in [0.2, 0.25) is 5.91 Å². The Kier molecular flexibility index (Phi) is 3.93. The molecule has 0 aromatic carbocycles. The van der Waals surface area contributed by atoms with Crippen molar-refractivity contribution in [3.8, 4) is 0 Å². The first-order valence-electron chi connectivity index (χ1n) is 5.60. The van der Waals surface area contributed by atoms with Crippen LogP contribution in [0.1, 0.15) is 39.5 Å². The van der Waals surface area contributed by atoms with Crippen LogP contribution in [0, 0.1) is 11.3 Å². The molecule has 14 heavy (non-hydrogen) atoms. The van der Waals surface area contributed by atoms with Gasteiger partial charge in [-0.2, -0.15) is 0 Å². The lowest BCUT2D eigenvalue weighted by molar-refractivity contribution is -0.130. The number of rotatable bonds is 5. The van der Waals surface area contributed by atoms with Crippen LogP contribution >= 0.6 is 0 Å². The number of nitrogens with two attached hydrogens (primary N) is 1. The quantitative estimate of drug-likeness (QED) is 0.699. The van der Waals surface area contributed by atoms with Gasteiger partial charge in [-0.05, 0) is 32.1 Å². The predicted molar refractivity (Wildman–Crippen MR) is 57.8 cm³/mol. The average molecular weight is 198 g/mol. The SMILES string of the molecule is CCC(C)(CN)C(=O)NCC1CCC1. The first kappa shape index (κ1) is 11.5. The third-order valence-electron chi connectivity index (χ3n) is 3.56. The minimum atomic E-state index is -0.371. The highest BCUT2D eigenvalue weighted by molar-refractivity contribution is 5.82. The van der Waals surface area contributed by atoms with Gasteiger partial charge in [0.05, 0.1) is 5.41 Å². The fourth-order valence-electron chi connectivity index (χ4n) is 1.54. The van der Waals surface area contributed by atoms with Crippen LogP contribution in [0.15, 0.2) is 0 Å². The van der Waals surface area contributed by atoms with Crippen LogP contribution in [0.3, 0.4) is 0 Å². The van der Waals surface area contributed by atoms with Crippen molar-refractivity contribution in [2.75, 3.05) is 13.1 Å². The van der Waals surface area contributed by atoms with Gasteiger partial charge < -0.3 is 11.1 Å². The van der Waals surface area contributed by atoms with Crippen LogP contribution in [0.2, 0.25) is 0 Å². The lowest BCUT2D eigenvalue weighted by atomic mass is 9.84. The van der Waals surface area contributed by atoms with Gasteiger partial charge in [-0.25, -0.2) is 0 Å². The molecule has 3 heteroatoms. The second-order valence-electron chi connectivity index (χ2n) is 4.63. The van der Waals surface area contributed by atoms with Crippen LogP contribution in [-0.4, -0.2) is 19.0 Å². The van der Waals surface area contributed by atoms with E-state index in [-0.39, 0.29) is 11.3 Å². The van der Waals surface area contributed by atoms with Crippen molar-refractivity contribution < 1.29 is 4.79 Å². The van der Waals surface area contributed by atoms with Crippen LogP contribution in [0.4, 0.5) is 0 Å². The van der Waals surface area contributed by atoms with E-state index in [1.54, 1.807) is 0 Å². The second kappa shape index (κ2) is 4.78. The molecule has 1 rings (SSSR count). The number of hydrogen-bond donors (Lipinski definition) is 2. The van der Waals surface area contributed by atoms with Crippen molar-refractivity contribution in [3.63, 3.8) is 0 Å². The molecule has 1 aliphatic rings. The molecule has 1 unspecified atom stereocenters. The number of amides is 1. The molecule has 3 nitrogen and oxygen atoms in total. The van der Waals surface area contributed by atoms with E-state index in [9.17, 15) is 4.79 Å². The van der Waals surface area contributed by atoms with E-state index in [4.69, 9.17) is 5.73 Å². The van der Waals surface area contributed by atoms with Crippen molar-refractivity contribution in [2.45, 2.75) is 39.5 Å². The average Bonchev–Trinajstić information content (AvgIpc) is 2.14. The molecule has 1 atom stereocenters. The normalized spacial score (nSPS) is 21.1. The number of carbonyl (C=O) groups excluding carboxylic acids is 1. The van der Waals surface area contributed by atoms with Crippen molar-refractivity contribution in [2.24, 2.45) is 17.1 Å². The molecule has 0 aromatic heterocycles. The van der Waals surface area contributed by atoms with Gasteiger partial charge in [-0.1, -0.05) is 13.3 Å². The molecule has 1 fully saturated rings. The number of hydrogen-bond acceptors (Lipinski definition) is 2. The lowest BCUT2D eigenvalue weighted by Gasteiger charge is -2.29. The van der Waals surface area contributed by atoms with E-state index >= 15 is 0 Å². The fourth-order valence-corrected chi connectivity index (χ4v) is 1.54. The summed E-state index contributed by atoms with van der Waals surface area (Å²) < 4.78 is 0.